The summed E-state index contributed by atoms with van der Waals surface area (Å²) in [6, 6.07) is 6.70. The van der Waals surface area contributed by atoms with Crippen molar-refractivity contribution in [1.82, 2.24) is 14.9 Å². The lowest BCUT2D eigenvalue weighted by molar-refractivity contribution is 0.123. The van der Waals surface area contributed by atoms with Crippen molar-refractivity contribution in [3.8, 4) is 0 Å². The summed E-state index contributed by atoms with van der Waals surface area (Å²) in [6.45, 7) is 5.81. The third-order valence-electron chi connectivity index (χ3n) is 4.26. The van der Waals surface area contributed by atoms with Crippen LogP contribution in [0.4, 0.5) is 4.79 Å². The highest BCUT2D eigenvalue weighted by Gasteiger charge is 2.28. The van der Waals surface area contributed by atoms with Gasteiger partial charge in [-0.25, -0.2) is 13.2 Å². The zero-order valence-electron chi connectivity index (χ0n) is 13.9. The largest absolute Gasteiger partial charge is 0.324 e. The van der Waals surface area contributed by atoms with Crippen molar-refractivity contribution in [3.63, 3.8) is 0 Å². The second kappa shape index (κ2) is 7.31. The smallest absolute Gasteiger partial charge is 0.318 e. The average molecular weight is 339 g/mol. The number of nitrogens with one attached hydrogen (secondary N) is 2. The maximum absolute atomic E-state index is 12.3. The van der Waals surface area contributed by atoms with Crippen LogP contribution in [0.2, 0.25) is 0 Å². The normalized spacial score (nSPS) is 22.0. The van der Waals surface area contributed by atoms with Crippen LogP contribution in [0.5, 0.6) is 0 Å². The van der Waals surface area contributed by atoms with E-state index in [-0.39, 0.29) is 29.7 Å². The van der Waals surface area contributed by atoms with Crippen LogP contribution < -0.4 is 10.0 Å². The number of piperidine rings is 1. The summed E-state index contributed by atoms with van der Waals surface area (Å²) in [5.41, 5.74) is 0.991. The van der Waals surface area contributed by atoms with E-state index in [0.29, 0.717) is 0 Å². The Labute approximate surface area is 138 Å². The SMILES string of the molecule is Cc1ccc(S(=O)(=O)NCNC(=O)N2C(C)CCCC2C)cc1. The van der Waals surface area contributed by atoms with Gasteiger partial charge in [-0.1, -0.05) is 17.7 Å². The Bertz CT molecular complexity index is 633. The molecule has 1 fully saturated rings. The molecule has 0 aliphatic carbocycles. The van der Waals surface area contributed by atoms with Gasteiger partial charge in [0.05, 0.1) is 11.6 Å². The van der Waals surface area contributed by atoms with Gasteiger partial charge in [0.2, 0.25) is 10.0 Å². The summed E-state index contributed by atoms with van der Waals surface area (Å²) in [4.78, 5) is 14.3. The number of rotatable bonds is 4. The predicted molar refractivity (Wildman–Crippen MR) is 89.5 cm³/mol. The Hall–Kier alpha value is -1.60. The minimum Gasteiger partial charge on any atom is -0.324 e. The zero-order chi connectivity index (χ0) is 17.0. The lowest BCUT2D eigenvalue weighted by Gasteiger charge is -2.38. The number of nitrogens with zero attached hydrogens (tertiary/aromatic N) is 1. The van der Waals surface area contributed by atoms with Crippen molar-refractivity contribution in [3.05, 3.63) is 29.8 Å². The molecule has 1 saturated heterocycles. The van der Waals surface area contributed by atoms with E-state index in [4.69, 9.17) is 0 Å². The number of benzene rings is 1. The first-order valence-electron chi connectivity index (χ1n) is 7.94. The van der Waals surface area contributed by atoms with Gasteiger partial charge in [0.15, 0.2) is 0 Å². The van der Waals surface area contributed by atoms with Gasteiger partial charge >= 0.3 is 6.03 Å². The van der Waals surface area contributed by atoms with E-state index in [1.165, 1.54) is 0 Å². The van der Waals surface area contributed by atoms with Crippen LogP contribution >= 0.6 is 0 Å². The molecule has 2 unspecified atom stereocenters. The van der Waals surface area contributed by atoms with Crippen molar-refractivity contribution >= 4 is 16.1 Å². The molecule has 2 rings (SSSR count). The van der Waals surface area contributed by atoms with Gasteiger partial charge in [0.1, 0.15) is 0 Å². The van der Waals surface area contributed by atoms with Crippen LogP contribution in [-0.2, 0) is 10.0 Å². The molecule has 1 aromatic rings. The van der Waals surface area contributed by atoms with E-state index in [0.717, 1.165) is 24.8 Å². The number of carbonyl (C=O) groups excluding carboxylic acids is 1. The maximum atomic E-state index is 12.3. The highest BCUT2D eigenvalue weighted by Crippen LogP contribution is 2.22. The van der Waals surface area contributed by atoms with E-state index in [2.05, 4.69) is 10.0 Å². The molecule has 2 atom stereocenters. The number of amides is 2. The first-order valence-corrected chi connectivity index (χ1v) is 9.42. The summed E-state index contributed by atoms with van der Waals surface area (Å²) in [7, 11) is -3.61. The molecule has 1 aromatic carbocycles. The van der Waals surface area contributed by atoms with Gasteiger partial charge in [-0.3, -0.25) is 0 Å². The number of carbonyl (C=O) groups is 1. The molecule has 0 bridgehead atoms. The molecule has 2 N–H and O–H groups in total. The van der Waals surface area contributed by atoms with Crippen molar-refractivity contribution < 1.29 is 13.2 Å². The maximum Gasteiger partial charge on any atom is 0.318 e. The van der Waals surface area contributed by atoms with Gasteiger partial charge < -0.3 is 10.2 Å². The summed E-state index contributed by atoms with van der Waals surface area (Å²) in [6.07, 6.45) is 3.08. The Morgan fingerprint density at radius 3 is 2.30 bits per heavy atom. The molecule has 7 heteroatoms. The predicted octanol–water partition coefficient (Wildman–Crippen LogP) is 2.20. The van der Waals surface area contributed by atoms with Crippen molar-refractivity contribution in [2.45, 2.75) is 57.0 Å². The van der Waals surface area contributed by atoms with Crippen molar-refractivity contribution in [2.24, 2.45) is 0 Å². The van der Waals surface area contributed by atoms with E-state index < -0.39 is 10.0 Å². The number of likely N-dealkylation sites (tertiary alicyclic amines) is 1. The van der Waals surface area contributed by atoms with Crippen molar-refractivity contribution in [2.75, 3.05) is 6.67 Å². The highest BCUT2D eigenvalue weighted by molar-refractivity contribution is 7.89. The van der Waals surface area contributed by atoms with Crippen LogP contribution in [0.25, 0.3) is 0 Å². The average Bonchev–Trinajstić information content (AvgIpc) is 2.47. The second-order valence-electron chi connectivity index (χ2n) is 6.16. The monoisotopic (exact) mass is 339 g/mol. The van der Waals surface area contributed by atoms with Gasteiger partial charge in [-0.15, -0.1) is 0 Å². The Morgan fingerprint density at radius 2 is 1.74 bits per heavy atom. The highest BCUT2D eigenvalue weighted by atomic mass is 32.2. The minimum atomic E-state index is -3.61. The third kappa shape index (κ3) is 4.45. The summed E-state index contributed by atoms with van der Waals surface area (Å²) >= 11 is 0. The molecule has 0 spiro atoms. The lowest BCUT2D eigenvalue weighted by atomic mass is 9.98. The van der Waals surface area contributed by atoms with Crippen molar-refractivity contribution in [1.29, 1.82) is 0 Å². The summed E-state index contributed by atoms with van der Waals surface area (Å²) in [5, 5.41) is 2.65. The second-order valence-corrected chi connectivity index (χ2v) is 7.92. The number of hydrogen-bond acceptors (Lipinski definition) is 3. The molecule has 6 nitrogen and oxygen atoms in total. The van der Waals surface area contributed by atoms with Crippen LogP contribution in [-0.4, -0.2) is 38.1 Å². The first kappa shape index (κ1) is 17.7. The molecule has 2 amide bonds. The van der Waals surface area contributed by atoms with E-state index in [1.54, 1.807) is 29.2 Å². The summed E-state index contributed by atoms with van der Waals surface area (Å²) < 4.78 is 26.7. The van der Waals surface area contributed by atoms with Gasteiger partial charge in [-0.05, 0) is 52.2 Å². The van der Waals surface area contributed by atoms with Gasteiger partial charge in [0, 0.05) is 12.1 Å². The number of urea groups is 1. The molecule has 1 aliphatic heterocycles. The number of hydrogen-bond donors (Lipinski definition) is 2. The van der Waals surface area contributed by atoms with E-state index in [9.17, 15) is 13.2 Å². The quantitative estimate of drug-likeness (QED) is 0.826. The molecule has 1 heterocycles. The number of aryl methyl sites for hydroxylation is 1. The molecule has 23 heavy (non-hydrogen) atoms. The molecular weight excluding hydrogens is 314 g/mol. The molecule has 0 aromatic heterocycles. The van der Waals surface area contributed by atoms with Gasteiger partial charge in [0.25, 0.3) is 0 Å². The van der Waals surface area contributed by atoms with E-state index in [1.807, 2.05) is 20.8 Å². The Kier molecular flexibility index (Phi) is 5.64. The molecular formula is C16H25N3O3S. The standard InChI is InChI=1S/C16H25N3O3S/c1-12-7-9-15(10-8-12)23(21,22)18-11-17-16(20)19-13(2)5-4-6-14(19)3/h7-10,13-14,18H,4-6,11H2,1-3H3,(H,17,20). The molecule has 0 saturated carbocycles. The number of sulfonamides is 1. The van der Waals surface area contributed by atoms with Gasteiger partial charge in [-0.2, -0.15) is 4.72 Å². The first-order chi connectivity index (χ1) is 10.8. The van der Waals surface area contributed by atoms with Crippen LogP contribution in [0, 0.1) is 6.92 Å². The summed E-state index contributed by atoms with van der Waals surface area (Å²) in [5.74, 6) is 0. The molecule has 128 valence electrons. The van der Waals surface area contributed by atoms with Crippen LogP contribution in [0.3, 0.4) is 0 Å². The molecule has 1 aliphatic rings. The van der Waals surface area contributed by atoms with E-state index >= 15 is 0 Å². The zero-order valence-corrected chi connectivity index (χ0v) is 14.7. The Morgan fingerprint density at radius 1 is 1.17 bits per heavy atom. The minimum absolute atomic E-state index is 0.120. The fourth-order valence-corrected chi connectivity index (χ4v) is 3.84. The van der Waals surface area contributed by atoms with Crippen LogP contribution in [0.1, 0.15) is 38.7 Å². The fraction of sp³-hybridized carbons (Fsp3) is 0.562. The fourth-order valence-electron chi connectivity index (χ4n) is 2.92. The topological polar surface area (TPSA) is 78.5 Å². The van der Waals surface area contributed by atoms with Crippen LogP contribution in [0.15, 0.2) is 29.2 Å². The third-order valence-corrected chi connectivity index (χ3v) is 5.68. The lowest BCUT2D eigenvalue weighted by Crippen LogP contribution is -2.53. The molecule has 0 radical (unpaired) electrons. The Balaban J connectivity index is 1.91.